The third kappa shape index (κ3) is 3.88. The lowest BCUT2D eigenvalue weighted by atomic mass is 10.0. The van der Waals surface area contributed by atoms with Crippen LogP contribution in [0, 0.1) is 12.7 Å². The van der Waals surface area contributed by atoms with Crippen LogP contribution < -0.4 is 5.43 Å². The minimum atomic E-state index is -0.328. The topological polar surface area (TPSA) is 76.6 Å². The fraction of sp³-hybridized carbons (Fsp3) is 0.138. The number of halogens is 1. The van der Waals surface area contributed by atoms with E-state index in [4.69, 9.17) is 8.94 Å². The number of hydrogen-bond donors (Lipinski definition) is 0. The van der Waals surface area contributed by atoms with Gasteiger partial charge in [-0.3, -0.25) is 9.59 Å². The van der Waals surface area contributed by atoms with Crippen molar-refractivity contribution in [1.29, 1.82) is 0 Å². The van der Waals surface area contributed by atoms with Gasteiger partial charge in [0.25, 0.3) is 5.91 Å². The maximum atomic E-state index is 13.3. The summed E-state index contributed by atoms with van der Waals surface area (Å²) in [6.07, 6.45) is 0.575. The summed E-state index contributed by atoms with van der Waals surface area (Å²) in [6, 6.07) is 20.1. The van der Waals surface area contributed by atoms with Crippen molar-refractivity contribution < 1.29 is 18.1 Å². The molecule has 0 N–H and O–H groups in total. The highest BCUT2D eigenvalue weighted by atomic mass is 19.1. The molecule has 1 aliphatic rings. The minimum Gasteiger partial charge on any atom is -0.456 e. The molecular formula is C29H21FN2O4. The molecule has 0 unspecified atom stereocenters. The van der Waals surface area contributed by atoms with Gasteiger partial charge in [-0.2, -0.15) is 0 Å². The van der Waals surface area contributed by atoms with Crippen LogP contribution in [-0.4, -0.2) is 22.5 Å². The lowest BCUT2D eigenvalue weighted by Crippen LogP contribution is -2.35. The van der Waals surface area contributed by atoms with Crippen LogP contribution >= 0.6 is 0 Å². The summed E-state index contributed by atoms with van der Waals surface area (Å²) in [5, 5.41) is 4.70. The van der Waals surface area contributed by atoms with E-state index in [-0.39, 0.29) is 17.2 Å². The predicted octanol–water partition coefficient (Wildman–Crippen LogP) is 5.76. The van der Waals surface area contributed by atoms with Crippen molar-refractivity contribution in [2.24, 2.45) is 0 Å². The van der Waals surface area contributed by atoms with Crippen molar-refractivity contribution in [3.63, 3.8) is 0 Å². The quantitative estimate of drug-likeness (QED) is 0.328. The standard InChI is InChI=1S/C29H21FN2O4/c1-17-2-11-26-22(14-17)25(33)15-27(35-26)18-3-5-20(6-4-18)29(34)32-13-12-24-23(16-32)28(36-31-24)19-7-9-21(30)10-8-19/h2-11,14-15H,12-13,16H2,1H3. The summed E-state index contributed by atoms with van der Waals surface area (Å²) in [5.41, 5.74) is 5.02. The third-order valence-corrected chi connectivity index (χ3v) is 6.53. The van der Waals surface area contributed by atoms with Crippen LogP contribution in [0.2, 0.25) is 0 Å². The van der Waals surface area contributed by atoms with Gasteiger partial charge in [-0.05, 0) is 55.5 Å². The molecule has 0 saturated heterocycles. The Morgan fingerprint density at radius 1 is 0.972 bits per heavy atom. The number of carbonyl (C=O) groups excluding carboxylic acids is 1. The van der Waals surface area contributed by atoms with Gasteiger partial charge in [0.1, 0.15) is 17.2 Å². The van der Waals surface area contributed by atoms with Crippen molar-refractivity contribution in [2.45, 2.75) is 19.9 Å². The third-order valence-electron chi connectivity index (χ3n) is 6.53. The molecule has 3 heterocycles. The second kappa shape index (κ2) is 8.61. The Morgan fingerprint density at radius 2 is 1.72 bits per heavy atom. The van der Waals surface area contributed by atoms with E-state index in [0.717, 1.165) is 22.4 Å². The Hall–Kier alpha value is -4.52. The van der Waals surface area contributed by atoms with E-state index in [1.54, 1.807) is 47.4 Å². The van der Waals surface area contributed by atoms with Gasteiger partial charge >= 0.3 is 0 Å². The van der Waals surface area contributed by atoms with Crippen molar-refractivity contribution >= 4 is 16.9 Å². The maximum Gasteiger partial charge on any atom is 0.254 e. The zero-order valence-corrected chi connectivity index (χ0v) is 19.5. The first-order chi connectivity index (χ1) is 17.5. The first-order valence-corrected chi connectivity index (χ1v) is 11.6. The fourth-order valence-electron chi connectivity index (χ4n) is 4.59. The number of aromatic nitrogens is 1. The first kappa shape index (κ1) is 22.0. The van der Waals surface area contributed by atoms with Gasteiger partial charge in [0.15, 0.2) is 11.2 Å². The number of fused-ring (bicyclic) bond motifs is 2. The average Bonchev–Trinajstić information content (AvgIpc) is 3.32. The molecule has 0 saturated carbocycles. The Bertz CT molecular complexity index is 1670. The van der Waals surface area contributed by atoms with Crippen LogP contribution in [0.4, 0.5) is 4.39 Å². The summed E-state index contributed by atoms with van der Waals surface area (Å²) >= 11 is 0. The maximum absolute atomic E-state index is 13.3. The summed E-state index contributed by atoms with van der Waals surface area (Å²) in [6.45, 7) is 2.80. The molecule has 1 aliphatic heterocycles. The molecule has 0 atom stereocenters. The van der Waals surface area contributed by atoms with E-state index in [1.165, 1.54) is 18.2 Å². The highest BCUT2D eigenvalue weighted by Gasteiger charge is 2.28. The molecule has 1 amide bonds. The van der Waals surface area contributed by atoms with E-state index in [9.17, 15) is 14.0 Å². The number of nitrogens with zero attached hydrogens (tertiary/aromatic N) is 2. The molecule has 6 rings (SSSR count). The van der Waals surface area contributed by atoms with Crippen molar-refractivity contribution in [3.05, 3.63) is 111 Å². The van der Waals surface area contributed by atoms with Gasteiger partial charge in [0.2, 0.25) is 0 Å². The van der Waals surface area contributed by atoms with E-state index in [0.29, 0.717) is 53.1 Å². The van der Waals surface area contributed by atoms with Crippen LogP contribution in [-0.2, 0) is 13.0 Å². The second-order valence-corrected chi connectivity index (χ2v) is 8.97. The van der Waals surface area contributed by atoms with Gasteiger partial charge in [0, 0.05) is 41.3 Å². The van der Waals surface area contributed by atoms with Gasteiger partial charge in [-0.1, -0.05) is 28.9 Å². The molecule has 36 heavy (non-hydrogen) atoms. The van der Waals surface area contributed by atoms with Crippen molar-refractivity contribution in [2.75, 3.05) is 6.54 Å². The zero-order valence-electron chi connectivity index (χ0n) is 19.5. The molecule has 6 nitrogen and oxygen atoms in total. The molecule has 5 aromatic rings. The number of rotatable bonds is 3. The molecule has 0 bridgehead atoms. The number of hydrogen-bond acceptors (Lipinski definition) is 5. The van der Waals surface area contributed by atoms with Gasteiger partial charge < -0.3 is 13.8 Å². The van der Waals surface area contributed by atoms with Crippen LogP contribution in [0.5, 0.6) is 0 Å². The van der Waals surface area contributed by atoms with E-state index >= 15 is 0 Å². The van der Waals surface area contributed by atoms with E-state index in [1.807, 2.05) is 19.1 Å². The monoisotopic (exact) mass is 480 g/mol. The van der Waals surface area contributed by atoms with Crippen LogP contribution in [0.1, 0.15) is 27.2 Å². The van der Waals surface area contributed by atoms with Gasteiger partial charge in [-0.15, -0.1) is 0 Å². The smallest absolute Gasteiger partial charge is 0.254 e. The summed E-state index contributed by atoms with van der Waals surface area (Å²) < 4.78 is 24.8. The van der Waals surface area contributed by atoms with Crippen molar-refractivity contribution in [1.82, 2.24) is 10.1 Å². The summed E-state index contributed by atoms with van der Waals surface area (Å²) in [4.78, 5) is 27.6. The summed E-state index contributed by atoms with van der Waals surface area (Å²) in [7, 11) is 0. The molecule has 7 heteroatoms. The van der Waals surface area contributed by atoms with Gasteiger partial charge in [-0.25, -0.2) is 4.39 Å². The van der Waals surface area contributed by atoms with Crippen molar-refractivity contribution in [3.8, 4) is 22.6 Å². The molecule has 2 aromatic heterocycles. The van der Waals surface area contributed by atoms with Gasteiger partial charge in [0.05, 0.1) is 17.6 Å². The fourth-order valence-corrected chi connectivity index (χ4v) is 4.59. The first-order valence-electron chi connectivity index (χ1n) is 11.6. The lowest BCUT2D eigenvalue weighted by molar-refractivity contribution is 0.0734. The van der Waals surface area contributed by atoms with Crippen LogP contribution in [0.15, 0.2) is 86.5 Å². The molecule has 0 fully saturated rings. The average molecular weight is 480 g/mol. The van der Waals surface area contributed by atoms with Crippen LogP contribution in [0.25, 0.3) is 33.6 Å². The Labute approximate surface area is 205 Å². The van der Waals surface area contributed by atoms with E-state index < -0.39 is 0 Å². The van der Waals surface area contributed by atoms with E-state index in [2.05, 4.69) is 5.16 Å². The highest BCUT2D eigenvalue weighted by Crippen LogP contribution is 2.31. The second-order valence-electron chi connectivity index (χ2n) is 8.97. The SMILES string of the molecule is Cc1ccc2oc(-c3ccc(C(=O)N4CCc5noc(-c6ccc(F)cc6)c5C4)cc3)cc(=O)c2c1. The Balaban J connectivity index is 1.25. The molecule has 178 valence electrons. The Morgan fingerprint density at radius 3 is 2.50 bits per heavy atom. The largest absolute Gasteiger partial charge is 0.456 e. The number of aryl methyl sites for hydroxylation is 1. The minimum absolute atomic E-state index is 0.107. The van der Waals surface area contributed by atoms with Crippen LogP contribution in [0.3, 0.4) is 0 Å². The summed E-state index contributed by atoms with van der Waals surface area (Å²) in [5.74, 6) is 0.560. The lowest BCUT2D eigenvalue weighted by Gasteiger charge is -2.26. The molecule has 0 aliphatic carbocycles. The Kier molecular flexibility index (Phi) is 5.25. The molecule has 3 aromatic carbocycles. The highest BCUT2D eigenvalue weighted by molar-refractivity contribution is 5.95. The number of carbonyl (C=O) groups is 1. The number of benzene rings is 3. The molecule has 0 spiro atoms. The molecular weight excluding hydrogens is 459 g/mol. The normalized spacial score (nSPS) is 13.1. The predicted molar refractivity (Wildman–Crippen MR) is 133 cm³/mol. The molecule has 0 radical (unpaired) electrons. The zero-order chi connectivity index (χ0) is 24.8. The number of amides is 1.